The van der Waals surface area contributed by atoms with Gasteiger partial charge in [0.25, 0.3) is 0 Å². The fourth-order valence-corrected chi connectivity index (χ4v) is 1.85. The molecule has 88 valence electrons. The standard InChI is InChI=1S/C14H20O2/c1-2-3-4-7-12-8-5-6-9-13(12)10-11-14(15)16/h5-6,8-9H,2-4,7,10-11H2,1H3,(H,15,16). The Labute approximate surface area is 97.3 Å². The highest BCUT2D eigenvalue weighted by atomic mass is 16.4. The van der Waals surface area contributed by atoms with E-state index < -0.39 is 5.97 Å². The lowest BCUT2D eigenvalue weighted by Gasteiger charge is -2.07. The van der Waals surface area contributed by atoms with Crippen LogP contribution in [0.1, 0.15) is 43.7 Å². The Hall–Kier alpha value is -1.31. The van der Waals surface area contributed by atoms with E-state index in [-0.39, 0.29) is 6.42 Å². The smallest absolute Gasteiger partial charge is 0.303 e. The van der Waals surface area contributed by atoms with Crippen molar-refractivity contribution in [3.8, 4) is 0 Å². The van der Waals surface area contributed by atoms with Gasteiger partial charge in [-0.15, -0.1) is 0 Å². The minimum Gasteiger partial charge on any atom is -0.481 e. The van der Waals surface area contributed by atoms with Gasteiger partial charge < -0.3 is 5.11 Å². The van der Waals surface area contributed by atoms with Crippen LogP contribution in [0.2, 0.25) is 0 Å². The van der Waals surface area contributed by atoms with Gasteiger partial charge in [0.1, 0.15) is 0 Å². The number of hydrogen-bond donors (Lipinski definition) is 1. The van der Waals surface area contributed by atoms with Crippen LogP contribution in [0.3, 0.4) is 0 Å². The van der Waals surface area contributed by atoms with Crippen molar-refractivity contribution in [2.75, 3.05) is 0 Å². The lowest BCUT2D eigenvalue weighted by Crippen LogP contribution is -2.00. The maximum atomic E-state index is 10.5. The first-order valence-corrected chi connectivity index (χ1v) is 6.02. The van der Waals surface area contributed by atoms with Crippen molar-refractivity contribution in [1.82, 2.24) is 0 Å². The second-order valence-corrected chi connectivity index (χ2v) is 4.12. The zero-order chi connectivity index (χ0) is 11.8. The summed E-state index contributed by atoms with van der Waals surface area (Å²) in [4.78, 5) is 10.5. The van der Waals surface area contributed by atoms with Gasteiger partial charge in [-0.1, -0.05) is 44.0 Å². The van der Waals surface area contributed by atoms with Crippen LogP contribution in [0.4, 0.5) is 0 Å². The minimum atomic E-state index is -0.719. The van der Waals surface area contributed by atoms with Gasteiger partial charge in [-0.05, 0) is 30.4 Å². The molecule has 0 heterocycles. The van der Waals surface area contributed by atoms with Gasteiger partial charge in [0.05, 0.1) is 0 Å². The Morgan fingerprint density at radius 3 is 2.31 bits per heavy atom. The molecule has 0 amide bonds. The number of rotatable bonds is 7. The third kappa shape index (κ3) is 4.47. The third-order valence-corrected chi connectivity index (χ3v) is 2.78. The summed E-state index contributed by atoms with van der Waals surface area (Å²) in [6.45, 7) is 2.19. The van der Waals surface area contributed by atoms with E-state index in [0.29, 0.717) is 6.42 Å². The van der Waals surface area contributed by atoms with Gasteiger partial charge in [-0.2, -0.15) is 0 Å². The molecule has 1 aromatic rings. The molecule has 0 saturated carbocycles. The fraction of sp³-hybridized carbons (Fsp3) is 0.500. The molecule has 0 radical (unpaired) electrons. The summed E-state index contributed by atoms with van der Waals surface area (Å²) in [7, 11) is 0. The maximum Gasteiger partial charge on any atom is 0.303 e. The van der Waals surface area contributed by atoms with Crippen LogP contribution in [-0.2, 0) is 17.6 Å². The monoisotopic (exact) mass is 220 g/mol. The molecule has 0 fully saturated rings. The largest absolute Gasteiger partial charge is 0.481 e. The number of carboxylic acid groups (broad SMARTS) is 1. The summed E-state index contributed by atoms with van der Waals surface area (Å²) >= 11 is 0. The zero-order valence-electron chi connectivity index (χ0n) is 9.91. The molecule has 0 aliphatic heterocycles. The summed E-state index contributed by atoms with van der Waals surface area (Å²) in [5.41, 5.74) is 2.51. The summed E-state index contributed by atoms with van der Waals surface area (Å²) < 4.78 is 0. The van der Waals surface area contributed by atoms with Gasteiger partial charge in [0, 0.05) is 6.42 Å². The topological polar surface area (TPSA) is 37.3 Å². The van der Waals surface area contributed by atoms with E-state index in [0.717, 1.165) is 6.42 Å². The van der Waals surface area contributed by atoms with Crippen molar-refractivity contribution >= 4 is 5.97 Å². The first-order valence-electron chi connectivity index (χ1n) is 6.02. The Kier molecular flexibility index (Phi) is 5.62. The zero-order valence-corrected chi connectivity index (χ0v) is 9.91. The van der Waals surface area contributed by atoms with Gasteiger partial charge >= 0.3 is 5.97 Å². The predicted molar refractivity (Wildman–Crippen MR) is 65.6 cm³/mol. The van der Waals surface area contributed by atoms with E-state index in [4.69, 9.17) is 5.11 Å². The van der Waals surface area contributed by atoms with Crippen molar-refractivity contribution in [2.45, 2.75) is 45.4 Å². The van der Waals surface area contributed by atoms with Crippen molar-refractivity contribution in [3.05, 3.63) is 35.4 Å². The van der Waals surface area contributed by atoms with Crippen LogP contribution < -0.4 is 0 Å². The number of carbonyl (C=O) groups is 1. The number of aliphatic carboxylic acids is 1. The lowest BCUT2D eigenvalue weighted by atomic mass is 9.98. The summed E-state index contributed by atoms with van der Waals surface area (Å²) in [5, 5.41) is 8.68. The number of carboxylic acids is 1. The molecule has 0 atom stereocenters. The molecule has 2 nitrogen and oxygen atoms in total. The second kappa shape index (κ2) is 7.04. The van der Waals surface area contributed by atoms with E-state index in [1.165, 1.54) is 30.4 Å². The van der Waals surface area contributed by atoms with Crippen LogP contribution >= 0.6 is 0 Å². The summed E-state index contributed by atoms with van der Waals surface area (Å²) in [6.07, 6.45) is 5.61. The van der Waals surface area contributed by atoms with Crippen molar-refractivity contribution in [1.29, 1.82) is 0 Å². The normalized spacial score (nSPS) is 10.3. The Balaban J connectivity index is 2.56. The highest BCUT2D eigenvalue weighted by molar-refractivity contribution is 5.67. The lowest BCUT2D eigenvalue weighted by molar-refractivity contribution is -0.136. The molecule has 0 aliphatic rings. The van der Waals surface area contributed by atoms with Crippen LogP contribution in [-0.4, -0.2) is 11.1 Å². The van der Waals surface area contributed by atoms with Crippen LogP contribution in [0.5, 0.6) is 0 Å². The minimum absolute atomic E-state index is 0.227. The molecule has 0 saturated heterocycles. The first kappa shape index (κ1) is 12.8. The molecule has 0 aromatic heterocycles. The SMILES string of the molecule is CCCCCc1ccccc1CCC(=O)O. The van der Waals surface area contributed by atoms with E-state index >= 15 is 0 Å². The Morgan fingerprint density at radius 1 is 1.12 bits per heavy atom. The predicted octanol–water partition coefficient (Wildman–Crippen LogP) is 3.44. The number of benzene rings is 1. The average Bonchev–Trinajstić information content (AvgIpc) is 2.28. The molecule has 16 heavy (non-hydrogen) atoms. The highest BCUT2D eigenvalue weighted by Gasteiger charge is 2.04. The number of unbranched alkanes of at least 4 members (excludes halogenated alkanes) is 2. The van der Waals surface area contributed by atoms with E-state index in [1.807, 2.05) is 18.2 Å². The Morgan fingerprint density at radius 2 is 1.75 bits per heavy atom. The number of hydrogen-bond acceptors (Lipinski definition) is 1. The van der Waals surface area contributed by atoms with Gasteiger partial charge in [-0.3, -0.25) is 4.79 Å². The molecule has 0 spiro atoms. The molecule has 1 N–H and O–H groups in total. The van der Waals surface area contributed by atoms with Gasteiger partial charge in [0.2, 0.25) is 0 Å². The van der Waals surface area contributed by atoms with E-state index in [9.17, 15) is 4.79 Å². The van der Waals surface area contributed by atoms with Crippen molar-refractivity contribution < 1.29 is 9.90 Å². The Bertz CT molecular complexity index is 331. The van der Waals surface area contributed by atoms with E-state index in [1.54, 1.807) is 0 Å². The highest BCUT2D eigenvalue weighted by Crippen LogP contribution is 2.14. The molecular formula is C14H20O2. The molecule has 1 aromatic carbocycles. The van der Waals surface area contributed by atoms with Crippen LogP contribution in [0.25, 0.3) is 0 Å². The van der Waals surface area contributed by atoms with Crippen molar-refractivity contribution in [3.63, 3.8) is 0 Å². The summed E-state index contributed by atoms with van der Waals surface area (Å²) in [5.74, 6) is -0.719. The molecular weight excluding hydrogens is 200 g/mol. The quantitative estimate of drug-likeness (QED) is 0.715. The molecule has 0 aliphatic carbocycles. The average molecular weight is 220 g/mol. The van der Waals surface area contributed by atoms with E-state index in [2.05, 4.69) is 13.0 Å². The molecule has 0 unspecified atom stereocenters. The third-order valence-electron chi connectivity index (χ3n) is 2.78. The number of aryl methyl sites for hydroxylation is 2. The molecule has 1 rings (SSSR count). The molecule has 2 heteroatoms. The first-order chi connectivity index (χ1) is 7.74. The molecule has 0 bridgehead atoms. The van der Waals surface area contributed by atoms with Gasteiger partial charge in [-0.25, -0.2) is 0 Å². The fourth-order valence-electron chi connectivity index (χ4n) is 1.85. The summed E-state index contributed by atoms with van der Waals surface area (Å²) in [6, 6.07) is 8.18. The van der Waals surface area contributed by atoms with Crippen LogP contribution in [0.15, 0.2) is 24.3 Å². The maximum absolute atomic E-state index is 10.5. The van der Waals surface area contributed by atoms with Gasteiger partial charge in [0.15, 0.2) is 0 Å². The van der Waals surface area contributed by atoms with Crippen LogP contribution in [0, 0.1) is 0 Å². The van der Waals surface area contributed by atoms with Crippen molar-refractivity contribution in [2.24, 2.45) is 0 Å². The second-order valence-electron chi connectivity index (χ2n) is 4.12.